The van der Waals surface area contributed by atoms with Crippen molar-refractivity contribution in [3.63, 3.8) is 0 Å². The molecule has 4 aromatic rings. The van der Waals surface area contributed by atoms with Gasteiger partial charge in [-0.2, -0.15) is 0 Å². The lowest BCUT2D eigenvalue weighted by atomic mass is 10.1. The van der Waals surface area contributed by atoms with Gasteiger partial charge in [0, 0.05) is 23.3 Å². The van der Waals surface area contributed by atoms with E-state index in [1.165, 1.54) is 6.33 Å². The SMILES string of the molecule is CC1(C)O[C@@H]2[C@H](O1)[C@@H](C#Cc1ccc3cccnc3c1)O[C@H]2n1ccc2c(Cl)ncnc21. The van der Waals surface area contributed by atoms with Crippen LogP contribution in [-0.2, 0) is 14.2 Å². The summed E-state index contributed by atoms with van der Waals surface area (Å²) in [6.45, 7) is 3.79. The summed E-state index contributed by atoms with van der Waals surface area (Å²) in [6.07, 6.45) is 3.49. The van der Waals surface area contributed by atoms with E-state index >= 15 is 0 Å². The summed E-state index contributed by atoms with van der Waals surface area (Å²) in [5, 5.41) is 2.23. The minimum Gasteiger partial charge on any atom is -0.341 e. The Balaban J connectivity index is 1.36. The minimum atomic E-state index is -0.736. The minimum absolute atomic E-state index is 0.337. The molecule has 32 heavy (non-hydrogen) atoms. The topological polar surface area (TPSA) is 71.3 Å². The Kier molecular flexibility index (Phi) is 4.46. The Bertz CT molecular complexity index is 1410. The maximum absolute atomic E-state index is 6.34. The van der Waals surface area contributed by atoms with E-state index in [2.05, 4.69) is 26.8 Å². The first-order valence-corrected chi connectivity index (χ1v) is 10.7. The van der Waals surface area contributed by atoms with E-state index in [1.807, 2.05) is 61.0 Å². The number of hydrogen-bond acceptors (Lipinski definition) is 6. The zero-order chi connectivity index (χ0) is 21.9. The summed E-state index contributed by atoms with van der Waals surface area (Å²) in [5.41, 5.74) is 2.44. The first-order chi connectivity index (χ1) is 15.5. The third-order valence-electron chi connectivity index (χ3n) is 5.73. The summed E-state index contributed by atoms with van der Waals surface area (Å²) >= 11 is 6.23. The molecule has 3 aromatic heterocycles. The van der Waals surface area contributed by atoms with Crippen LogP contribution in [0.2, 0.25) is 5.15 Å². The molecule has 160 valence electrons. The fraction of sp³-hybridized carbons (Fsp3) is 0.292. The summed E-state index contributed by atoms with van der Waals surface area (Å²) in [5.74, 6) is 5.73. The molecule has 0 aliphatic carbocycles. The summed E-state index contributed by atoms with van der Waals surface area (Å²) in [6, 6.07) is 11.8. The fourth-order valence-corrected chi connectivity index (χ4v) is 4.55. The highest BCUT2D eigenvalue weighted by Crippen LogP contribution is 2.44. The van der Waals surface area contributed by atoms with Gasteiger partial charge < -0.3 is 18.8 Å². The third kappa shape index (κ3) is 3.24. The van der Waals surface area contributed by atoms with Crippen LogP contribution >= 0.6 is 11.6 Å². The third-order valence-corrected chi connectivity index (χ3v) is 6.03. The largest absolute Gasteiger partial charge is 0.341 e. The molecule has 0 saturated carbocycles. The zero-order valence-electron chi connectivity index (χ0n) is 17.4. The van der Waals surface area contributed by atoms with Crippen LogP contribution in [0.25, 0.3) is 21.9 Å². The number of hydrogen-bond donors (Lipinski definition) is 0. The van der Waals surface area contributed by atoms with Crippen molar-refractivity contribution < 1.29 is 14.2 Å². The molecule has 2 fully saturated rings. The maximum atomic E-state index is 6.34. The number of benzene rings is 1. The molecule has 7 nitrogen and oxygen atoms in total. The normalized spacial score (nSPS) is 26.2. The highest BCUT2D eigenvalue weighted by atomic mass is 35.5. The Morgan fingerprint density at radius 3 is 2.84 bits per heavy atom. The van der Waals surface area contributed by atoms with E-state index in [-0.39, 0.29) is 12.2 Å². The summed E-state index contributed by atoms with van der Waals surface area (Å²) in [4.78, 5) is 12.9. The van der Waals surface area contributed by atoms with Crippen LogP contribution < -0.4 is 0 Å². The van der Waals surface area contributed by atoms with Crippen LogP contribution in [0.5, 0.6) is 0 Å². The van der Waals surface area contributed by atoms with Gasteiger partial charge in [0.05, 0.1) is 10.9 Å². The molecule has 0 spiro atoms. The number of halogens is 1. The van der Waals surface area contributed by atoms with E-state index in [1.54, 1.807) is 6.20 Å². The van der Waals surface area contributed by atoms with Gasteiger partial charge in [-0.3, -0.25) is 4.98 Å². The number of pyridine rings is 1. The Labute approximate surface area is 189 Å². The molecule has 2 aliphatic rings. The Morgan fingerprint density at radius 2 is 1.94 bits per heavy atom. The van der Waals surface area contributed by atoms with E-state index in [9.17, 15) is 0 Å². The predicted molar refractivity (Wildman–Crippen MR) is 119 cm³/mol. The number of aromatic nitrogens is 4. The number of fused-ring (bicyclic) bond motifs is 3. The second-order valence-corrected chi connectivity index (χ2v) is 8.68. The van der Waals surface area contributed by atoms with Gasteiger partial charge in [0.25, 0.3) is 0 Å². The van der Waals surface area contributed by atoms with Gasteiger partial charge in [0.1, 0.15) is 35.4 Å². The van der Waals surface area contributed by atoms with E-state index in [0.29, 0.717) is 10.8 Å². The predicted octanol–water partition coefficient (Wildman–Crippen LogP) is 4.10. The molecule has 0 bridgehead atoms. The van der Waals surface area contributed by atoms with Crippen molar-refractivity contribution >= 4 is 33.5 Å². The number of rotatable bonds is 1. The average Bonchev–Trinajstić information content (AvgIpc) is 3.44. The van der Waals surface area contributed by atoms with Crippen molar-refractivity contribution in [2.45, 2.75) is 44.2 Å². The lowest BCUT2D eigenvalue weighted by molar-refractivity contribution is -0.190. The van der Waals surface area contributed by atoms with Gasteiger partial charge in [0.15, 0.2) is 12.0 Å². The summed E-state index contributed by atoms with van der Waals surface area (Å²) in [7, 11) is 0. The van der Waals surface area contributed by atoms with Crippen molar-refractivity contribution in [2.24, 2.45) is 0 Å². The van der Waals surface area contributed by atoms with Crippen molar-refractivity contribution in [3.8, 4) is 11.8 Å². The first kappa shape index (κ1) is 19.6. The molecule has 8 heteroatoms. The molecule has 0 amide bonds. The van der Waals surface area contributed by atoms with E-state index in [0.717, 1.165) is 21.9 Å². The average molecular weight is 447 g/mol. The quantitative estimate of drug-likeness (QED) is 0.324. The van der Waals surface area contributed by atoms with Gasteiger partial charge in [-0.25, -0.2) is 9.97 Å². The van der Waals surface area contributed by atoms with Crippen LogP contribution in [0.3, 0.4) is 0 Å². The van der Waals surface area contributed by atoms with Crippen molar-refractivity contribution in [2.75, 3.05) is 0 Å². The molecule has 2 saturated heterocycles. The van der Waals surface area contributed by atoms with Gasteiger partial charge in [-0.1, -0.05) is 35.6 Å². The fourth-order valence-electron chi connectivity index (χ4n) is 4.36. The van der Waals surface area contributed by atoms with E-state index in [4.69, 9.17) is 25.8 Å². The second kappa shape index (κ2) is 7.26. The highest BCUT2D eigenvalue weighted by molar-refractivity contribution is 6.33. The van der Waals surface area contributed by atoms with Crippen molar-refractivity contribution in [3.05, 3.63) is 65.8 Å². The molecule has 5 heterocycles. The molecular weight excluding hydrogens is 428 g/mol. The molecule has 2 aliphatic heterocycles. The van der Waals surface area contributed by atoms with Crippen LogP contribution in [0, 0.1) is 11.8 Å². The standard InChI is InChI=1S/C24H19ClN4O3/c1-24(2)31-19-18(8-6-14-5-7-15-4-3-10-26-17(15)12-14)30-23(20(19)32-24)29-11-9-16-21(25)27-13-28-22(16)29/h3-5,7,9-13,18-20,23H,1-2H3/t18-,19-,20-,23-/m1/s1. The zero-order valence-corrected chi connectivity index (χ0v) is 18.2. The number of ether oxygens (including phenoxy) is 3. The van der Waals surface area contributed by atoms with Gasteiger partial charge in [-0.15, -0.1) is 0 Å². The molecule has 0 N–H and O–H groups in total. The maximum Gasteiger partial charge on any atom is 0.166 e. The Morgan fingerprint density at radius 1 is 1.06 bits per heavy atom. The van der Waals surface area contributed by atoms with Crippen LogP contribution in [-0.4, -0.2) is 43.6 Å². The van der Waals surface area contributed by atoms with Crippen LogP contribution in [0.4, 0.5) is 0 Å². The monoisotopic (exact) mass is 446 g/mol. The van der Waals surface area contributed by atoms with Gasteiger partial charge in [0.2, 0.25) is 0 Å². The molecular formula is C24H19ClN4O3. The first-order valence-electron chi connectivity index (χ1n) is 10.3. The molecule has 4 atom stereocenters. The van der Waals surface area contributed by atoms with Gasteiger partial charge in [-0.05, 0) is 38.1 Å². The highest BCUT2D eigenvalue weighted by Gasteiger charge is 2.55. The van der Waals surface area contributed by atoms with Crippen LogP contribution in [0.15, 0.2) is 55.1 Å². The molecule has 0 unspecified atom stereocenters. The number of nitrogens with zero attached hydrogens (tertiary/aromatic N) is 4. The Hall–Kier alpha value is -3.02. The van der Waals surface area contributed by atoms with Gasteiger partial charge >= 0.3 is 0 Å². The second-order valence-electron chi connectivity index (χ2n) is 8.32. The van der Waals surface area contributed by atoms with Crippen molar-refractivity contribution in [1.82, 2.24) is 19.5 Å². The van der Waals surface area contributed by atoms with E-state index < -0.39 is 18.1 Å². The van der Waals surface area contributed by atoms with Crippen molar-refractivity contribution in [1.29, 1.82) is 0 Å². The molecule has 1 aromatic carbocycles. The smallest absolute Gasteiger partial charge is 0.166 e. The lowest BCUT2D eigenvalue weighted by Gasteiger charge is -2.23. The van der Waals surface area contributed by atoms with Crippen LogP contribution in [0.1, 0.15) is 25.6 Å². The molecule has 6 rings (SSSR count). The molecule has 0 radical (unpaired) electrons. The summed E-state index contributed by atoms with van der Waals surface area (Å²) < 4.78 is 20.6. The lowest BCUT2D eigenvalue weighted by Crippen LogP contribution is -2.28.